The number of hydrogen-bond acceptors (Lipinski definition) is 6. The van der Waals surface area contributed by atoms with Gasteiger partial charge in [-0.3, -0.25) is 0 Å². The number of anilines is 2. The largest absolute Gasteiger partial charge is 0.364 e. The van der Waals surface area contributed by atoms with Gasteiger partial charge in [-0.25, -0.2) is 23.7 Å². The Morgan fingerprint density at radius 1 is 1.03 bits per heavy atom. The van der Waals surface area contributed by atoms with Crippen molar-refractivity contribution in [3.05, 3.63) is 66.3 Å². The van der Waals surface area contributed by atoms with E-state index in [-0.39, 0.29) is 0 Å². The van der Waals surface area contributed by atoms with Crippen LogP contribution in [-0.2, 0) is 6.54 Å². The molecule has 0 amide bonds. The molecular formula is C22H21F2N7. The van der Waals surface area contributed by atoms with Crippen LogP contribution in [0.3, 0.4) is 0 Å². The average molecular weight is 421 g/mol. The molecule has 0 bridgehead atoms. The van der Waals surface area contributed by atoms with Crippen LogP contribution in [0.4, 0.5) is 20.4 Å². The lowest BCUT2D eigenvalue weighted by Crippen LogP contribution is -2.43. The summed E-state index contributed by atoms with van der Waals surface area (Å²) in [6, 6.07) is 9.40. The number of pyridine rings is 1. The summed E-state index contributed by atoms with van der Waals surface area (Å²) in [6.45, 7) is 4.19. The van der Waals surface area contributed by atoms with Crippen LogP contribution in [0.5, 0.6) is 0 Å². The van der Waals surface area contributed by atoms with Crippen LogP contribution in [0.25, 0.3) is 22.2 Å². The molecular weight excluding hydrogens is 400 g/mol. The van der Waals surface area contributed by atoms with Crippen molar-refractivity contribution in [1.29, 1.82) is 0 Å². The maximum absolute atomic E-state index is 13.8. The Hall–Kier alpha value is -3.59. The summed E-state index contributed by atoms with van der Waals surface area (Å²) in [5, 5.41) is 7.32. The van der Waals surface area contributed by atoms with Gasteiger partial charge in [-0.2, -0.15) is 0 Å². The molecule has 3 N–H and O–H groups in total. The van der Waals surface area contributed by atoms with Gasteiger partial charge < -0.3 is 20.5 Å². The first-order valence-corrected chi connectivity index (χ1v) is 10.1. The van der Waals surface area contributed by atoms with Crippen molar-refractivity contribution < 1.29 is 8.78 Å². The van der Waals surface area contributed by atoms with Gasteiger partial charge in [-0.05, 0) is 29.8 Å². The third-order valence-corrected chi connectivity index (χ3v) is 5.31. The summed E-state index contributed by atoms with van der Waals surface area (Å²) >= 11 is 0. The van der Waals surface area contributed by atoms with E-state index in [1.807, 2.05) is 18.2 Å². The molecule has 0 unspecified atom stereocenters. The van der Waals surface area contributed by atoms with Crippen LogP contribution in [0.15, 0.2) is 48.9 Å². The first kappa shape index (κ1) is 19.4. The van der Waals surface area contributed by atoms with E-state index in [1.54, 1.807) is 6.20 Å². The molecule has 0 radical (unpaired) electrons. The molecule has 0 aliphatic carbocycles. The Labute approximate surface area is 177 Å². The summed E-state index contributed by atoms with van der Waals surface area (Å²) < 4.78 is 27.5. The maximum atomic E-state index is 13.8. The standard InChI is InChI=1S/C22H21F2N7/c23-15-8-14(9-16(24)10-15)18-12-27-22-20(18)21(28-13-29-22)26-11-17-2-1-3-19(30-17)31-6-4-25-5-7-31/h1-3,8-10,12-13,25H,4-7,11H2,(H2,26,27,28,29). The zero-order valence-corrected chi connectivity index (χ0v) is 16.7. The van der Waals surface area contributed by atoms with Gasteiger partial charge in [0, 0.05) is 44.0 Å². The lowest BCUT2D eigenvalue weighted by molar-refractivity contribution is 0.584. The summed E-state index contributed by atoms with van der Waals surface area (Å²) in [5.41, 5.74) is 2.50. The fourth-order valence-electron chi connectivity index (χ4n) is 3.84. The van der Waals surface area contributed by atoms with Crippen LogP contribution < -0.4 is 15.5 Å². The predicted octanol–water partition coefficient (Wildman–Crippen LogP) is 3.32. The molecule has 1 aromatic carbocycles. The highest BCUT2D eigenvalue weighted by Crippen LogP contribution is 2.32. The second-order valence-corrected chi connectivity index (χ2v) is 7.38. The molecule has 1 aliphatic rings. The molecule has 4 aromatic rings. The van der Waals surface area contributed by atoms with Gasteiger partial charge >= 0.3 is 0 Å². The van der Waals surface area contributed by atoms with E-state index in [0.29, 0.717) is 34.5 Å². The Bertz CT molecular complexity index is 1200. The van der Waals surface area contributed by atoms with Crippen LogP contribution in [0, 0.1) is 11.6 Å². The van der Waals surface area contributed by atoms with Crippen LogP contribution in [-0.4, -0.2) is 46.1 Å². The summed E-state index contributed by atoms with van der Waals surface area (Å²) in [4.78, 5) is 18.7. The molecule has 0 spiro atoms. The highest BCUT2D eigenvalue weighted by Gasteiger charge is 2.15. The van der Waals surface area contributed by atoms with Gasteiger partial charge in [0.2, 0.25) is 0 Å². The highest BCUT2D eigenvalue weighted by molar-refractivity contribution is 6.00. The normalized spacial score (nSPS) is 14.2. The first-order valence-electron chi connectivity index (χ1n) is 10.1. The molecule has 4 heterocycles. The van der Waals surface area contributed by atoms with Crippen LogP contribution in [0.2, 0.25) is 0 Å². The van der Waals surface area contributed by atoms with Gasteiger partial charge in [0.25, 0.3) is 0 Å². The Morgan fingerprint density at radius 2 is 1.84 bits per heavy atom. The molecule has 9 heteroatoms. The minimum Gasteiger partial charge on any atom is -0.364 e. The number of piperazine rings is 1. The van der Waals surface area contributed by atoms with Crippen molar-refractivity contribution in [3.63, 3.8) is 0 Å². The molecule has 1 fully saturated rings. The van der Waals surface area contributed by atoms with E-state index >= 15 is 0 Å². The van der Waals surface area contributed by atoms with Crippen LogP contribution >= 0.6 is 0 Å². The number of aromatic nitrogens is 4. The number of aromatic amines is 1. The first-order chi connectivity index (χ1) is 15.2. The third-order valence-electron chi connectivity index (χ3n) is 5.31. The number of nitrogens with one attached hydrogen (secondary N) is 3. The second-order valence-electron chi connectivity index (χ2n) is 7.38. The summed E-state index contributed by atoms with van der Waals surface area (Å²) in [7, 11) is 0. The molecule has 31 heavy (non-hydrogen) atoms. The van der Waals surface area contributed by atoms with Gasteiger partial charge in [0.1, 0.15) is 35.2 Å². The fourth-order valence-corrected chi connectivity index (χ4v) is 3.84. The number of H-pyrrole nitrogens is 1. The van der Waals surface area contributed by atoms with Gasteiger partial charge in [-0.15, -0.1) is 0 Å². The molecule has 0 atom stereocenters. The van der Waals surface area contributed by atoms with E-state index in [1.165, 1.54) is 18.5 Å². The maximum Gasteiger partial charge on any atom is 0.143 e. The molecule has 0 saturated carbocycles. The topological polar surface area (TPSA) is 81.8 Å². The second kappa shape index (κ2) is 8.27. The number of fused-ring (bicyclic) bond motifs is 1. The van der Waals surface area contributed by atoms with Gasteiger partial charge in [0.05, 0.1) is 17.6 Å². The fraction of sp³-hybridized carbons (Fsp3) is 0.227. The van der Waals surface area contributed by atoms with Crippen molar-refractivity contribution in [2.45, 2.75) is 6.54 Å². The number of benzene rings is 1. The lowest BCUT2D eigenvalue weighted by atomic mass is 10.1. The van der Waals surface area contributed by atoms with Crippen molar-refractivity contribution in [2.75, 3.05) is 36.4 Å². The minimum atomic E-state index is -0.635. The quantitative estimate of drug-likeness (QED) is 0.459. The van der Waals surface area contributed by atoms with E-state index in [0.717, 1.165) is 43.8 Å². The molecule has 5 rings (SSSR count). The van der Waals surface area contributed by atoms with Gasteiger partial charge in [-0.1, -0.05) is 6.07 Å². The lowest BCUT2D eigenvalue weighted by Gasteiger charge is -2.28. The van der Waals surface area contributed by atoms with E-state index in [2.05, 4.69) is 30.5 Å². The Balaban J connectivity index is 1.43. The predicted molar refractivity (Wildman–Crippen MR) is 116 cm³/mol. The number of hydrogen-bond donors (Lipinski definition) is 3. The molecule has 1 aliphatic heterocycles. The zero-order chi connectivity index (χ0) is 21.2. The van der Waals surface area contributed by atoms with Crippen LogP contribution in [0.1, 0.15) is 5.69 Å². The minimum absolute atomic E-state index is 0.417. The van der Waals surface area contributed by atoms with Crippen molar-refractivity contribution >= 4 is 22.7 Å². The molecule has 7 nitrogen and oxygen atoms in total. The SMILES string of the molecule is Fc1cc(F)cc(-c2c[nH]c3ncnc(NCc4cccc(N5CCNCC5)n4)c23)c1. The third kappa shape index (κ3) is 4.04. The number of halogens is 2. The zero-order valence-electron chi connectivity index (χ0n) is 16.7. The average Bonchev–Trinajstić information content (AvgIpc) is 3.23. The Kier molecular flexibility index (Phi) is 5.17. The molecule has 3 aromatic heterocycles. The van der Waals surface area contributed by atoms with Crippen molar-refractivity contribution in [3.8, 4) is 11.1 Å². The summed E-state index contributed by atoms with van der Waals surface area (Å²) in [5.74, 6) is 0.251. The van der Waals surface area contributed by atoms with Crippen molar-refractivity contribution in [1.82, 2.24) is 25.3 Å². The monoisotopic (exact) mass is 421 g/mol. The smallest absolute Gasteiger partial charge is 0.143 e. The number of rotatable bonds is 5. The number of nitrogens with zero attached hydrogens (tertiary/aromatic N) is 4. The van der Waals surface area contributed by atoms with E-state index in [4.69, 9.17) is 4.98 Å². The highest BCUT2D eigenvalue weighted by atomic mass is 19.1. The molecule has 1 saturated heterocycles. The summed E-state index contributed by atoms with van der Waals surface area (Å²) in [6.07, 6.45) is 3.13. The van der Waals surface area contributed by atoms with Crippen molar-refractivity contribution in [2.24, 2.45) is 0 Å². The molecule has 158 valence electrons. The van der Waals surface area contributed by atoms with E-state index < -0.39 is 11.6 Å². The Morgan fingerprint density at radius 3 is 2.65 bits per heavy atom. The van der Waals surface area contributed by atoms with E-state index in [9.17, 15) is 8.78 Å². The van der Waals surface area contributed by atoms with Gasteiger partial charge in [0.15, 0.2) is 0 Å².